The van der Waals surface area contributed by atoms with Gasteiger partial charge in [0.15, 0.2) is 0 Å². The van der Waals surface area contributed by atoms with Crippen molar-refractivity contribution in [2.45, 2.75) is 25.9 Å². The molecular formula is C13H17ClFNO. The molecular weight excluding hydrogens is 241 g/mol. The number of hydrogen-bond acceptors (Lipinski definition) is 2. The molecule has 1 aliphatic rings. The number of nitrogens with one attached hydrogen (secondary N) is 1. The summed E-state index contributed by atoms with van der Waals surface area (Å²) in [5, 5.41) is 3.44. The number of rotatable bonds is 4. The van der Waals surface area contributed by atoms with Gasteiger partial charge in [-0.2, -0.15) is 0 Å². The molecule has 0 aromatic heterocycles. The van der Waals surface area contributed by atoms with Crippen LogP contribution in [0.3, 0.4) is 0 Å². The largest absolute Gasteiger partial charge is 0.490 e. The van der Waals surface area contributed by atoms with Crippen LogP contribution in [-0.4, -0.2) is 19.2 Å². The summed E-state index contributed by atoms with van der Waals surface area (Å²) in [5.41, 5.74) is 0. The molecule has 1 aromatic carbocycles. The number of ether oxygens (including phenoxy) is 1. The Bertz CT molecular complexity index is 380. The first-order valence-electron chi connectivity index (χ1n) is 6.03. The smallest absolute Gasteiger partial charge is 0.142 e. The summed E-state index contributed by atoms with van der Waals surface area (Å²) >= 11 is 5.73. The molecule has 0 aliphatic carbocycles. The third-order valence-electron chi connectivity index (χ3n) is 3.21. The minimum Gasteiger partial charge on any atom is -0.490 e. The summed E-state index contributed by atoms with van der Waals surface area (Å²) in [5.74, 6) is 0.772. The van der Waals surface area contributed by atoms with E-state index in [0.717, 1.165) is 25.9 Å². The van der Waals surface area contributed by atoms with E-state index in [0.29, 0.717) is 11.7 Å². The van der Waals surface area contributed by atoms with E-state index in [2.05, 4.69) is 12.2 Å². The average molecular weight is 258 g/mol. The van der Waals surface area contributed by atoms with E-state index in [1.807, 2.05) is 0 Å². The van der Waals surface area contributed by atoms with Crippen LogP contribution in [0.2, 0.25) is 5.02 Å². The molecule has 4 heteroatoms. The number of benzene rings is 1. The molecule has 0 bridgehead atoms. The SMILES string of the molecule is CC[C@H](Oc1ccc(F)c(Cl)c1)C1CCNC1. The van der Waals surface area contributed by atoms with Gasteiger partial charge >= 0.3 is 0 Å². The second-order valence-electron chi connectivity index (χ2n) is 4.39. The van der Waals surface area contributed by atoms with Crippen LogP contribution in [0.4, 0.5) is 4.39 Å². The normalized spacial score (nSPS) is 21.5. The van der Waals surface area contributed by atoms with Crippen molar-refractivity contribution >= 4 is 11.6 Å². The van der Waals surface area contributed by atoms with Gasteiger partial charge in [-0.15, -0.1) is 0 Å². The van der Waals surface area contributed by atoms with E-state index in [4.69, 9.17) is 16.3 Å². The summed E-state index contributed by atoms with van der Waals surface area (Å²) < 4.78 is 18.9. The van der Waals surface area contributed by atoms with Crippen molar-refractivity contribution in [3.8, 4) is 5.75 Å². The van der Waals surface area contributed by atoms with Gasteiger partial charge < -0.3 is 10.1 Å². The minimum atomic E-state index is -0.408. The van der Waals surface area contributed by atoms with Crippen LogP contribution < -0.4 is 10.1 Å². The third-order valence-corrected chi connectivity index (χ3v) is 3.49. The zero-order chi connectivity index (χ0) is 12.3. The highest BCUT2D eigenvalue weighted by Crippen LogP contribution is 2.25. The second kappa shape index (κ2) is 5.69. The highest BCUT2D eigenvalue weighted by molar-refractivity contribution is 6.30. The first-order chi connectivity index (χ1) is 8.20. The summed E-state index contributed by atoms with van der Waals surface area (Å²) in [6.45, 7) is 4.15. The molecule has 0 radical (unpaired) electrons. The lowest BCUT2D eigenvalue weighted by atomic mass is 9.99. The van der Waals surface area contributed by atoms with Crippen molar-refractivity contribution in [2.75, 3.05) is 13.1 Å². The van der Waals surface area contributed by atoms with E-state index in [9.17, 15) is 4.39 Å². The van der Waals surface area contributed by atoms with Gasteiger partial charge in [0.05, 0.1) is 5.02 Å². The highest BCUT2D eigenvalue weighted by atomic mass is 35.5. The van der Waals surface area contributed by atoms with Crippen LogP contribution in [0, 0.1) is 11.7 Å². The van der Waals surface area contributed by atoms with Gasteiger partial charge in [0.1, 0.15) is 17.7 Å². The van der Waals surface area contributed by atoms with Crippen molar-refractivity contribution in [1.29, 1.82) is 0 Å². The van der Waals surface area contributed by atoms with Gasteiger partial charge in [-0.05, 0) is 31.5 Å². The molecule has 1 saturated heterocycles. The summed E-state index contributed by atoms with van der Waals surface area (Å²) in [6, 6.07) is 4.52. The molecule has 2 atom stereocenters. The molecule has 94 valence electrons. The molecule has 1 fully saturated rings. The maximum absolute atomic E-state index is 13.0. The van der Waals surface area contributed by atoms with Gasteiger partial charge in [0.2, 0.25) is 0 Å². The Hall–Kier alpha value is -0.800. The van der Waals surface area contributed by atoms with E-state index in [1.54, 1.807) is 12.1 Å². The number of hydrogen-bond donors (Lipinski definition) is 1. The van der Waals surface area contributed by atoms with Crippen molar-refractivity contribution < 1.29 is 9.13 Å². The summed E-state index contributed by atoms with van der Waals surface area (Å²) in [7, 11) is 0. The van der Waals surface area contributed by atoms with Crippen LogP contribution in [0.5, 0.6) is 5.75 Å². The van der Waals surface area contributed by atoms with Gasteiger partial charge in [0.25, 0.3) is 0 Å². The van der Waals surface area contributed by atoms with Crippen molar-refractivity contribution in [2.24, 2.45) is 5.92 Å². The molecule has 2 nitrogen and oxygen atoms in total. The predicted molar refractivity (Wildman–Crippen MR) is 67.1 cm³/mol. The maximum atomic E-state index is 13.0. The summed E-state index contributed by atoms with van der Waals surface area (Å²) in [6.07, 6.45) is 2.25. The molecule has 17 heavy (non-hydrogen) atoms. The Labute approximate surface area is 106 Å². The average Bonchev–Trinajstić information content (AvgIpc) is 2.84. The lowest BCUT2D eigenvalue weighted by Gasteiger charge is -2.23. The third kappa shape index (κ3) is 3.11. The molecule has 2 rings (SSSR count). The van der Waals surface area contributed by atoms with Crippen molar-refractivity contribution in [3.05, 3.63) is 29.0 Å². The predicted octanol–water partition coefficient (Wildman–Crippen LogP) is 3.25. The molecule has 1 N–H and O–H groups in total. The zero-order valence-electron chi connectivity index (χ0n) is 9.88. The first-order valence-corrected chi connectivity index (χ1v) is 6.41. The fourth-order valence-corrected chi connectivity index (χ4v) is 2.40. The quantitative estimate of drug-likeness (QED) is 0.894. The Morgan fingerprint density at radius 1 is 1.59 bits per heavy atom. The standard InChI is InChI=1S/C13H17ClFNO/c1-2-13(9-5-6-16-8-9)17-10-3-4-12(15)11(14)7-10/h3-4,7,9,13,16H,2,5-6,8H2,1H3/t9?,13-/m0/s1. The Morgan fingerprint density at radius 3 is 3.00 bits per heavy atom. The molecule has 0 saturated carbocycles. The molecule has 1 aromatic rings. The molecule has 0 spiro atoms. The Kier molecular flexibility index (Phi) is 4.24. The van der Waals surface area contributed by atoms with Crippen LogP contribution in [0.15, 0.2) is 18.2 Å². The van der Waals surface area contributed by atoms with E-state index in [-0.39, 0.29) is 11.1 Å². The topological polar surface area (TPSA) is 21.3 Å². The minimum absolute atomic E-state index is 0.113. The van der Waals surface area contributed by atoms with Crippen LogP contribution in [0.25, 0.3) is 0 Å². The molecule has 1 unspecified atom stereocenters. The fourth-order valence-electron chi connectivity index (χ4n) is 2.23. The van der Waals surface area contributed by atoms with Crippen molar-refractivity contribution in [1.82, 2.24) is 5.32 Å². The Morgan fingerprint density at radius 2 is 2.41 bits per heavy atom. The van der Waals surface area contributed by atoms with E-state index in [1.165, 1.54) is 6.07 Å². The number of halogens is 2. The lowest BCUT2D eigenvalue weighted by molar-refractivity contribution is 0.138. The lowest BCUT2D eigenvalue weighted by Crippen LogP contribution is -2.28. The molecule has 1 heterocycles. The van der Waals surface area contributed by atoms with Gasteiger partial charge in [-0.3, -0.25) is 0 Å². The molecule has 0 amide bonds. The highest BCUT2D eigenvalue weighted by Gasteiger charge is 2.25. The summed E-state index contributed by atoms with van der Waals surface area (Å²) in [4.78, 5) is 0. The first kappa shape index (κ1) is 12.7. The van der Waals surface area contributed by atoms with Gasteiger partial charge in [0, 0.05) is 18.5 Å². The zero-order valence-corrected chi connectivity index (χ0v) is 10.6. The van der Waals surface area contributed by atoms with Crippen molar-refractivity contribution in [3.63, 3.8) is 0 Å². The molecule has 1 aliphatic heterocycles. The van der Waals surface area contributed by atoms with Crippen LogP contribution >= 0.6 is 11.6 Å². The van der Waals surface area contributed by atoms with Crippen LogP contribution in [-0.2, 0) is 0 Å². The monoisotopic (exact) mass is 257 g/mol. The van der Waals surface area contributed by atoms with Crippen LogP contribution in [0.1, 0.15) is 19.8 Å². The maximum Gasteiger partial charge on any atom is 0.142 e. The Balaban J connectivity index is 2.04. The van der Waals surface area contributed by atoms with E-state index < -0.39 is 5.82 Å². The second-order valence-corrected chi connectivity index (χ2v) is 4.80. The fraction of sp³-hybridized carbons (Fsp3) is 0.538. The van der Waals surface area contributed by atoms with E-state index >= 15 is 0 Å². The van der Waals surface area contributed by atoms with Gasteiger partial charge in [-0.1, -0.05) is 18.5 Å². The van der Waals surface area contributed by atoms with Gasteiger partial charge in [-0.25, -0.2) is 4.39 Å².